The molecule has 0 spiro atoms. The molecule has 2 N–H and O–H groups in total. The third kappa shape index (κ3) is 3.28. The van der Waals surface area contributed by atoms with E-state index in [1.54, 1.807) is 0 Å². The van der Waals surface area contributed by atoms with Crippen molar-refractivity contribution in [2.45, 2.75) is 45.1 Å². The Bertz CT molecular complexity index is 136. The van der Waals surface area contributed by atoms with E-state index in [2.05, 4.69) is 18.9 Å². The first-order valence-electron chi connectivity index (χ1n) is 5.68. The van der Waals surface area contributed by atoms with Gasteiger partial charge in [-0.25, -0.2) is 0 Å². The summed E-state index contributed by atoms with van der Waals surface area (Å²) in [4.78, 5) is 2.52. The fourth-order valence-electron chi connectivity index (χ4n) is 2.41. The van der Waals surface area contributed by atoms with Crippen LogP contribution in [0.1, 0.15) is 39.0 Å². The minimum Gasteiger partial charge on any atom is -0.330 e. The van der Waals surface area contributed by atoms with Crippen LogP contribution in [0, 0.1) is 5.92 Å². The van der Waals surface area contributed by atoms with Crippen LogP contribution in [0.5, 0.6) is 0 Å². The topological polar surface area (TPSA) is 29.3 Å². The highest BCUT2D eigenvalue weighted by molar-refractivity contribution is 4.79. The molecule has 0 aliphatic heterocycles. The lowest BCUT2D eigenvalue weighted by Crippen LogP contribution is -2.38. The maximum atomic E-state index is 5.72. The molecule has 0 amide bonds. The summed E-state index contributed by atoms with van der Waals surface area (Å²) in [5.41, 5.74) is 5.72. The van der Waals surface area contributed by atoms with Gasteiger partial charge in [0, 0.05) is 6.04 Å². The van der Waals surface area contributed by atoms with Crippen LogP contribution in [0.2, 0.25) is 0 Å². The molecule has 2 atom stereocenters. The highest BCUT2D eigenvalue weighted by atomic mass is 15.1. The van der Waals surface area contributed by atoms with Crippen LogP contribution in [0.4, 0.5) is 0 Å². The van der Waals surface area contributed by atoms with Gasteiger partial charge in [-0.1, -0.05) is 13.3 Å². The Labute approximate surface area is 82.5 Å². The third-order valence-corrected chi connectivity index (χ3v) is 3.29. The molecule has 0 aromatic rings. The summed E-state index contributed by atoms with van der Waals surface area (Å²) in [6, 6.07) is 0.808. The van der Waals surface area contributed by atoms with E-state index in [4.69, 9.17) is 5.73 Å². The van der Waals surface area contributed by atoms with Crippen molar-refractivity contribution < 1.29 is 0 Å². The maximum absolute atomic E-state index is 5.72. The summed E-state index contributed by atoms with van der Waals surface area (Å²) in [7, 11) is 2.26. The molecule has 0 aromatic carbocycles. The van der Waals surface area contributed by atoms with Crippen LogP contribution in [0.3, 0.4) is 0 Å². The van der Waals surface area contributed by atoms with Gasteiger partial charge in [-0.2, -0.15) is 0 Å². The van der Waals surface area contributed by atoms with Crippen molar-refractivity contribution in [3.63, 3.8) is 0 Å². The van der Waals surface area contributed by atoms with Crippen molar-refractivity contribution in [3.05, 3.63) is 0 Å². The lowest BCUT2D eigenvalue weighted by Gasteiger charge is -2.34. The Morgan fingerprint density at radius 2 is 2.15 bits per heavy atom. The molecule has 0 radical (unpaired) electrons. The molecule has 0 heterocycles. The lowest BCUT2D eigenvalue weighted by molar-refractivity contribution is 0.160. The number of nitrogens with two attached hydrogens (primary N) is 1. The first kappa shape index (κ1) is 11.0. The third-order valence-electron chi connectivity index (χ3n) is 3.29. The Kier molecular flexibility index (Phi) is 4.74. The average Bonchev–Trinajstić information content (AvgIpc) is 2.18. The number of hydrogen-bond acceptors (Lipinski definition) is 2. The zero-order valence-electron chi connectivity index (χ0n) is 9.13. The van der Waals surface area contributed by atoms with E-state index in [1.165, 1.54) is 38.6 Å². The second kappa shape index (κ2) is 5.61. The summed E-state index contributed by atoms with van der Waals surface area (Å²) in [5, 5.41) is 0. The molecule has 0 saturated heterocycles. The van der Waals surface area contributed by atoms with E-state index in [1.807, 2.05) is 0 Å². The highest BCUT2D eigenvalue weighted by Crippen LogP contribution is 2.26. The normalized spacial score (nSPS) is 29.5. The molecule has 1 aliphatic rings. The maximum Gasteiger partial charge on any atom is 0.00953 e. The molecule has 2 nitrogen and oxygen atoms in total. The Hall–Kier alpha value is -0.0800. The summed E-state index contributed by atoms with van der Waals surface area (Å²) in [6.45, 7) is 4.37. The van der Waals surface area contributed by atoms with E-state index in [0.717, 1.165) is 18.5 Å². The first-order valence-corrected chi connectivity index (χ1v) is 5.68. The van der Waals surface area contributed by atoms with Gasteiger partial charge in [0.25, 0.3) is 0 Å². The van der Waals surface area contributed by atoms with Crippen molar-refractivity contribution in [1.82, 2.24) is 4.90 Å². The van der Waals surface area contributed by atoms with Crippen LogP contribution in [-0.4, -0.2) is 31.1 Å². The Balaban J connectivity index is 2.32. The molecular formula is C11H24N2. The lowest BCUT2D eigenvalue weighted by atomic mass is 9.85. The number of nitrogens with zero attached hydrogens (tertiary/aromatic N) is 1. The van der Waals surface area contributed by atoms with Crippen molar-refractivity contribution >= 4 is 0 Å². The van der Waals surface area contributed by atoms with Gasteiger partial charge < -0.3 is 10.6 Å². The SMILES string of the molecule is CCCN(C)C1CCCC(CN)C1. The standard InChI is InChI=1S/C11H24N2/c1-3-7-13(2)11-6-4-5-10(8-11)9-12/h10-11H,3-9,12H2,1-2H3. The van der Waals surface area contributed by atoms with Gasteiger partial charge in [-0.3, -0.25) is 0 Å². The smallest absolute Gasteiger partial charge is 0.00953 e. The predicted molar refractivity (Wildman–Crippen MR) is 57.7 cm³/mol. The van der Waals surface area contributed by atoms with Crippen LogP contribution in [0.25, 0.3) is 0 Å². The van der Waals surface area contributed by atoms with Crippen molar-refractivity contribution in [2.75, 3.05) is 20.1 Å². The summed E-state index contributed by atoms with van der Waals surface area (Å²) < 4.78 is 0. The molecule has 1 fully saturated rings. The fourth-order valence-corrected chi connectivity index (χ4v) is 2.41. The molecule has 1 aliphatic carbocycles. The molecule has 2 unspecified atom stereocenters. The molecule has 0 aromatic heterocycles. The zero-order valence-corrected chi connectivity index (χ0v) is 9.13. The van der Waals surface area contributed by atoms with E-state index in [0.29, 0.717) is 0 Å². The summed E-state index contributed by atoms with van der Waals surface area (Å²) in [5.74, 6) is 0.790. The van der Waals surface area contributed by atoms with E-state index in [9.17, 15) is 0 Å². The minimum absolute atomic E-state index is 0.790. The van der Waals surface area contributed by atoms with Crippen molar-refractivity contribution in [2.24, 2.45) is 11.7 Å². The van der Waals surface area contributed by atoms with Gasteiger partial charge in [-0.05, 0) is 51.7 Å². The summed E-state index contributed by atoms with van der Waals surface area (Å²) in [6.07, 6.45) is 6.70. The average molecular weight is 184 g/mol. The molecule has 78 valence electrons. The summed E-state index contributed by atoms with van der Waals surface area (Å²) >= 11 is 0. The zero-order chi connectivity index (χ0) is 9.68. The van der Waals surface area contributed by atoms with Gasteiger partial charge in [-0.15, -0.1) is 0 Å². The molecule has 1 rings (SSSR count). The van der Waals surface area contributed by atoms with Gasteiger partial charge in [0.05, 0.1) is 0 Å². The second-order valence-electron chi connectivity index (χ2n) is 4.40. The van der Waals surface area contributed by atoms with Gasteiger partial charge in [0.1, 0.15) is 0 Å². The van der Waals surface area contributed by atoms with Crippen LogP contribution in [-0.2, 0) is 0 Å². The molecule has 1 saturated carbocycles. The van der Waals surface area contributed by atoms with Gasteiger partial charge in [0.2, 0.25) is 0 Å². The van der Waals surface area contributed by atoms with Crippen LogP contribution >= 0.6 is 0 Å². The van der Waals surface area contributed by atoms with Crippen LogP contribution in [0.15, 0.2) is 0 Å². The van der Waals surface area contributed by atoms with Crippen molar-refractivity contribution in [1.29, 1.82) is 0 Å². The molecule has 13 heavy (non-hydrogen) atoms. The fraction of sp³-hybridized carbons (Fsp3) is 1.00. The molecule has 0 bridgehead atoms. The highest BCUT2D eigenvalue weighted by Gasteiger charge is 2.23. The Morgan fingerprint density at radius 3 is 2.77 bits per heavy atom. The first-order chi connectivity index (χ1) is 6.27. The molecule has 2 heteroatoms. The van der Waals surface area contributed by atoms with E-state index in [-0.39, 0.29) is 0 Å². The minimum atomic E-state index is 0.790. The van der Waals surface area contributed by atoms with Gasteiger partial charge >= 0.3 is 0 Å². The largest absolute Gasteiger partial charge is 0.330 e. The van der Waals surface area contributed by atoms with E-state index >= 15 is 0 Å². The van der Waals surface area contributed by atoms with Gasteiger partial charge in [0.15, 0.2) is 0 Å². The monoisotopic (exact) mass is 184 g/mol. The quantitative estimate of drug-likeness (QED) is 0.722. The second-order valence-corrected chi connectivity index (χ2v) is 4.40. The number of hydrogen-bond donors (Lipinski definition) is 1. The molecular weight excluding hydrogens is 160 g/mol. The van der Waals surface area contributed by atoms with E-state index < -0.39 is 0 Å². The van der Waals surface area contributed by atoms with Crippen molar-refractivity contribution in [3.8, 4) is 0 Å². The van der Waals surface area contributed by atoms with Crippen LogP contribution < -0.4 is 5.73 Å². The Morgan fingerprint density at radius 1 is 1.38 bits per heavy atom. The predicted octanol–water partition coefficient (Wildman–Crippen LogP) is 1.85. The number of rotatable bonds is 4.